The Morgan fingerprint density at radius 2 is 1.57 bits per heavy atom. The van der Waals surface area contributed by atoms with Crippen LogP contribution in [0.3, 0.4) is 0 Å². The Balaban J connectivity index is 2.71. The first-order valence-electron chi connectivity index (χ1n) is 8.60. The fraction of sp³-hybridized carbons (Fsp3) is 0.500. The number of hydrogen-bond donors (Lipinski definition) is 0. The van der Waals surface area contributed by atoms with Crippen molar-refractivity contribution in [3.8, 4) is 0 Å². The molecule has 156 valence electrons. The number of rotatable bonds is 5. The van der Waals surface area contributed by atoms with Crippen LogP contribution in [0.5, 0.6) is 0 Å². The molecule has 0 aliphatic heterocycles. The first-order chi connectivity index (χ1) is 12.9. The summed E-state index contributed by atoms with van der Waals surface area (Å²) in [5.41, 5.74) is -2.46. The van der Waals surface area contributed by atoms with Gasteiger partial charge in [-0.2, -0.15) is 0 Å². The van der Waals surface area contributed by atoms with E-state index in [9.17, 15) is 26.3 Å². The summed E-state index contributed by atoms with van der Waals surface area (Å²) in [6, 6.07) is 2.88. The molecule has 28 heavy (non-hydrogen) atoms. The fourth-order valence-electron chi connectivity index (χ4n) is 3.25. The molecule has 3 unspecified atom stereocenters. The Morgan fingerprint density at radius 3 is 2.00 bits per heavy atom. The van der Waals surface area contributed by atoms with Crippen molar-refractivity contribution >= 4 is 41.8 Å². The van der Waals surface area contributed by atoms with Crippen molar-refractivity contribution in [2.45, 2.75) is 55.9 Å². The summed E-state index contributed by atoms with van der Waals surface area (Å²) in [5.74, 6) is 0. The van der Waals surface area contributed by atoms with Crippen LogP contribution in [0, 0.1) is 0 Å². The van der Waals surface area contributed by atoms with E-state index in [0.29, 0.717) is 5.56 Å². The maximum atomic E-state index is 14.3. The molecule has 0 saturated carbocycles. The molecule has 0 fully saturated rings. The van der Waals surface area contributed by atoms with Gasteiger partial charge in [0.15, 0.2) is 0 Å². The van der Waals surface area contributed by atoms with E-state index in [1.165, 1.54) is 12.1 Å². The Morgan fingerprint density at radius 1 is 0.964 bits per heavy atom. The third-order valence-electron chi connectivity index (χ3n) is 5.20. The topological polar surface area (TPSA) is 0 Å². The summed E-state index contributed by atoms with van der Waals surface area (Å²) >= 11 is -1.02. The molecule has 0 saturated heterocycles. The van der Waals surface area contributed by atoms with Crippen LogP contribution in [0.25, 0.3) is 0 Å². The van der Waals surface area contributed by atoms with Crippen molar-refractivity contribution in [3.63, 3.8) is 0 Å². The molecule has 2 rings (SSSR count). The molecule has 0 bridgehead atoms. The van der Waals surface area contributed by atoms with E-state index >= 15 is 0 Å². The summed E-state index contributed by atoms with van der Waals surface area (Å²) in [6.45, 7) is 3.79. The fourth-order valence-corrected chi connectivity index (χ4v) is 5.84. The summed E-state index contributed by atoms with van der Waals surface area (Å²) in [6.07, 6.45) is -5.58. The molecular weight excluding hydrogens is 609 g/mol. The molecule has 1 aromatic rings. The van der Waals surface area contributed by atoms with Crippen LogP contribution < -0.4 is 0 Å². The normalized spacial score (nSPS) is 22.7. The van der Waals surface area contributed by atoms with Gasteiger partial charge in [-0.1, -0.05) is 0 Å². The Labute approximate surface area is 182 Å². The van der Waals surface area contributed by atoms with Crippen molar-refractivity contribution in [1.29, 1.82) is 0 Å². The summed E-state index contributed by atoms with van der Waals surface area (Å²) in [7, 11) is 0. The summed E-state index contributed by atoms with van der Waals surface area (Å²) in [4.78, 5) is 4.02. The molecule has 0 nitrogen and oxygen atoms in total. The predicted molar refractivity (Wildman–Crippen MR) is 102 cm³/mol. The van der Waals surface area contributed by atoms with Crippen molar-refractivity contribution < 1.29 is 26.3 Å². The van der Waals surface area contributed by atoms with Crippen molar-refractivity contribution in [2.24, 2.45) is 0 Å². The second-order valence-corrected chi connectivity index (χ2v) is 13.5. The predicted octanol–water partition coefficient (Wildman–Crippen LogP) is 6.77. The van der Waals surface area contributed by atoms with Gasteiger partial charge in [-0.3, -0.25) is 0 Å². The van der Waals surface area contributed by atoms with Crippen LogP contribution in [0.1, 0.15) is 40.9 Å². The zero-order valence-electron chi connectivity index (χ0n) is 15.9. The second-order valence-electron chi connectivity index (χ2n) is 6.77. The summed E-state index contributed by atoms with van der Waals surface area (Å²) < 4.78 is 82.9. The van der Waals surface area contributed by atoms with Gasteiger partial charge in [-0.25, -0.2) is 0 Å². The van der Waals surface area contributed by atoms with Gasteiger partial charge < -0.3 is 0 Å². The van der Waals surface area contributed by atoms with Crippen molar-refractivity contribution in [1.82, 2.24) is 0 Å². The Kier molecular flexibility index (Phi) is 7.69. The van der Waals surface area contributed by atoms with Gasteiger partial charge in [0.25, 0.3) is 0 Å². The molecule has 0 heterocycles. The number of allylic oxidation sites excluding steroid dienone is 4. The molecule has 0 amide bonds. The molecule has 0 N–H and O–H groups in total. The monoisotopic (exact) mass is 636 g/mol. The van der Waals surface area contributed by atoms with Gasteiger partial charge in [0, 0.05) is 0 Å². The average Bonchev–Trinajstić information content (AvgIpc) is 2.64. The number of hydrogen-bond acceptors (Lipinski definition) is 0. The van der Waals surface area contributed by atoms with Crippen LogP contribution in [0.15, 0.2) is 42.0 Å². The quantitative estimate of drug-likeness (QED) is 0.249. The van der Waals surface area contributed by atoms with E-state index in [1.54, 1.807) is 13.0 Å². The maximum absolute atomic E-state index is 14.3. The number of alkyl halides is 6. The molecule has 3 atom stereocenters. The molecular formula is C20H22F6Te2. The van der Waals surface area contributed by atoms with E-state index in [1.807, 2.05) is 11.9 Å². The van der Waals surface area contributed by atoms with E-state index in [2.05, 4.69) is 4.97 Å². The van der Waals surface area contributed by atoms with Crippen LogP contribution in [-0.2, 0) is 11.6 Å². The van der Waals surface area contributed by atoms with Crippen LogP contribution in [0.4, 0.5) is 26.3 Å². The average molecular weight is 632 g/mol. The van der Waals surface area contributed by atoms with Gasteiger partial charge >= 0.3 is 183 Å². The number of halogens is 6. The van der Waals surface area contributed by atoms with Crippen molar-refractivity contribution in [3.05, 3.63) is 58.7 Å². The zero-order chi connectivity index (χ0) is 21.3. The molecule has 1 aromatic carbocycles. The van der Waals surface area contributed by atoms with E-state index in [-0.39, 0.29) is 40.8 Å². The third-order valence-corrected chi connectivity index (χ3v) is 10.7. The number of benzene rings is 1. The third kappa shape index (κ3) is 4.77. The van der Waals surface area contributed by atoms with Crippen LogP contribution in [-0.4, -0.2) is 48.0 Å². The van der Waals surface area contributed by atoms with Gasteiger partial charge in [0.2, 0.25) is 0 Å². The molecule has 8 heteroatoms. The molecule has 1 aliphatic carbocycles. The Hall–Kier alpha value is -0.141. The van der Waals surface area contributed by atoms with E-state index < -0.39 is 44.3 Å². The van der Waals surface area contributed by atoms with E-state index in [0.717, 1.165) is 23.8 Å². The molecule has 0 aromatic heterocycles. The Bertz CT molecular complexity index is 763. The van der Waals surface area contributed by atoms with Gasteiger partial charge in [-0.15, -0.1) is 0 Å². The van der Waals surface area contributed by atoms with Crippen LogP contribution >= 0.6 is 0 Å². The van der Waals surface area contributed by atoms with E-state index in [4.69, 9.17) is 0 Å². The standard InChI is InChI=1S/C20H22F6Te2/c1-12(27-3)14-7-9-18(10-8-14,20(24,25)26)17-11-15(19(21,22)23)5-6-16(17)13(2)28-4/h5-9,11-13H,10H2,1-4H3. The van der Waals surface area contributed by atoms with Gasteiger partial charge in [0.1, 0.15) is 0 Å². The SMILES string of the molecule is C[Te]C(C)C1=CCC(c2cc(C(F)(F)F)ccc2C(C)[Te]C)(C(F)(F)F)C=C1. The van der Waals surface area contributed by atoms with Crippen molar-refractivity contribution in [2.75, 3.05) is 0 Å². The minimum absolute atomic E-state index is 0.151. The minimum atomic E-state index is -4.69. The zero-order valence-corrected chi connectivity index (χ0v) is 20.6. The van der Waals surface area contributed by atoms with Crippen LogP contribution in [0.2, 0.25) is 13.9 Å². The summed E-state index contributed by atoms with van der Waals surface area (Å²) in [5, 5.41) is 0. The van der Waals surface area contributed by atoms with Gasteiger partial charge in [0.05, 0.1) is 0 Å². The molecule has 1 aliphatic rings. The second kappa shape index (κ2) is 8.93. The first-order valence-corrected chi connectivity index (χ1v) is 16.0. The van der Waals surface area contributed by atoms with Gasteiger partial charge in [-0.05, 0) is 0 Å². The first kappa shape index (κ1) is 24.1. The molecule has 0 spiro atoms. The molecule has 0 radical (unpaired) electrons.